The van der Waals surface area contributed by atoms with Gasteiger partial charge in [-0.05, 0) is 38.1 Å². The van der Waals surface area contributed by atoms with Crippen LogP contribution in [0, 0.1) is 6.92 Å². The SMILES string of the molecule is Cc1ccc(OC(C)C(=O)NCCc2nc3ccccc3[nH]2)cc1. The fraction of sp³-hybridized carbons (Fsp3) is 0.263. The Hall–Kier alpha value is -2.82. The van der Waals surface area contributed by atoms with Gasteiger partial charge in [0.25, 0.3) is 5.91 Å². The van der Waals surface area contributed by atoms with Gasteiger partial charge >= 0.3 is 0 Å². The van der Waals surface area contributed by atoms with Gasteiger partial charge in [-0.3, -0.25) is 4.79 Å². The Bertz CT molecular complexity index is 791. The molecule has 124 valence electrons. The molecule has 2 aromatic carbocycles. The minimum Gasteiger partial charge on any atom is -0.481 e. The molecule has 1 aromatic heterocycles. The number of aromatic amines is 1. The molecule has 2 N–H and O–H groups in total. The van der Waals surface area contributed by atoms with Crippen molar-refractivity contribution in [2.75, 3.05) is 6.54 Å². The Labute approximate surface area is 141 Å². The number of benzene rings is 2. The maximum atomic E-state index is 12.1. The van der Waals surface area contributed by atoms with E-state index in [1.54, 1.807) is 6.92 Å². The predicted molar refractivity (Wildman–Crippen MR) is 94.1 cm³/mol. The first kappa shape index (κ1) is 16.1. The first-order valence-corrected chi connectivity index (χ1v) is 8.06. The maximum absolute atomic E-state index is 12.1. The van der Waals surface area contributed by atoms with Crippen LogP contribution in [0.2, 0.25) is 0 Å². The van der Waals surface area contributed by atoms with Gasteiger partial charge < -0.3 is 15.0 Å². The van der Waals surface area contributed by atoms with Crippen LogP contribution in [0.3, 0.4) is 0 Å². The molecular weight excluding hydrogens is 302 g/mol. The normalized spacial score (nSPS) is 12.1. The number of nitrogens with one attached hydrogen (secondary N) is 2. The number of rotatable bonds is 6. The molecule has 3 rings (SSSR count). The number of H-pyrrole nitrogens is 1. The van der Waals surface area contributed by atoms with Gasteiger partial charge in [0.15, 0.2) is 6.10 Å². The number of ether oxygens (including phenoxy) is 1. The van der Waals surface area contributed by atoms with Crippen LogP contribution >= 0.6 is 0 Å². The van der Waals surface area contributed by atoms with Gasteiger partial charge in [0.05, 0.1) is 11.0 Å². The number of para-hydroxylation sites is 2. The molecule has 0 bridgehead atoms. The molecule has 0 spiro atoms. The number of hydrogen-bond acceptors (Lipinski definition) is 3. The summed E-state index contributed by atoms with van der Waals surface area (Å²) in [7, 11) is 0. The van der Waals surface area contributed by atoms with Crippen LogP contribution in [-0.4, -0.2) is 28.5 Å². The summed E-state index contributed by atoms with van der Waals surface area (Å²) in [5.41, 5.74) is 3.11. The van der Waals surface area contributed by atoms with Crippen molar-refractivity contribution in [3.05, 3.63) is 59.9 Å². The van der Waals surface area contributed by atoms with Crippen LogP contribution in [0.5, 0.6) is 5.75 Å². The highest BCUT2D eigenvalue weighted by molar-refractivity contribution is 5.80. The quantitative estimate of drug-likeness (QED) is 0.733. The maximum Gasteiger partial charge on any atom is 0.260 e. The van der Waals surface area contributed by atoms with Crippen molar-refractivity contribution in [3.8, 4) is 5.75 Å². The zero-order valence-corrected chi connectivity index (χ0v) is 13.9. The van der Waals surface area contributed by atoms with Crippen molar-refractivity contribution in [3.63, 3.8) is 0 Å². The van der Waals surface area contributed by atoms with Gasteiger partial charge in [-0.25, -0.2) is 4.98 Å². The number of aromatic nitrogens is 2. The predicted octanol–water partition coefficient (Wildman–Crippen LogP) is 3.00. The van der Waals surface area contributed by atoms with Gasteiger partial charge in [-0.1, -0.05) is 29.8 Å². The fourth-order valence-corrected chi connectivity index (χ4v) is 2.45. The largest absolute Gasteiger partial charge is 0.481 e. The lowest BCUT2D eigenvalue weighted by Crippen LogP contribution is -2.37. The van der Waals surface area contributed by atoms with Gasteiger partial charge in [-0.15, -0.1) is 0 Å². The highest BCUT2D eigenvalue weighted by Crippen LogP contribution is 2.13. The summed E-state index contributed by atoms with van der Waals surface area (Å²) < 4.78 is 5.65. The van der Waals surface area contributed by atoms with Crippen molar-refractivity contribution in [1.29, 1.82) is 0 Å². The zero-order valence-electron chi connectivity index (χ0n) is 13.9. The van der Waals surface area contributed by atoms with E-state index in [2.05, 4.69) is 15.3 Å². The average Bonchev–Trinajstić information content (AvgIpc) is 2.99. The molecule has 1 amide bonds. The second-order valence-corrected chi connectivity index (χ2v) is 5.81. The third kappa shape index (κ3) is 3.93. The van der Waals surface area contributed by atoms with Crippen LogP contribution in [0.15, 0.2) is 48.5 Å². The Balaban J connectivity index is 1.48. The molecule has 0 aliphatic heterocycles. The molecule has 0 saturated carbocycles. The van der Waals surface area contributed by atoms with Gasteiger partial charge in [0.2, 0.25) is 0 Å². The van der Waals surface area contributed by atoms with Crippen molar-refractivity contribution in [2.24, 2.45) is 0 Å². The summed E-state index contributed by atoms with van der Waals surface area (Å²) in [4.78, 5) is 19.9. The first-order valence-electron chi connectivity index (χ1n) is 8.06. The molecule has 0 aliphatic rings. The standard InChI is InChI=1S/C19H21N3O2/c1-13-7-9-15(10-8-13)24-14(2)19(23)20-12-11-18-21-16-5-3-4-6-17(16)22-18/h3-10,14H,11-12H2,1-2H3,(H,20,23)(H,21,22). The summed E-state index contributed by atoms with van der Waals surface area (Å²) in [6.45, 7) is 4.27. The number of carbonyl (C=O) groups excluding carboxylic acids is 1. The van der Waals surface area contributed by atoms with E-state index in [1.165, 1.54) is 0 Å². The summed E-state index contributed by atoms with van der Waals surface area (Å²) in [6.07, 6.45) is 0.112. The number of carbonyl (C=O) groups is 1. The smallest absolute Gasteiger partial charge is 0.260 e. The monoisotopic (exact) mass is 323 g/mol. The molecule has 1 unspecified atom stereocenters. The van der Waals surface area contributed by atoms with Crippen LogP contribution < -0.4 is 10.1 Å². The number of amides is 1. The molecule has 0 aliphatic carbocycles. The van der Waals surface area contributed by atoms with E-state index < -0.39 is 6.10 Å². The molecule has 1 atom stereocenters. The lowest BCUT2D eigenvalue weighted by molar-refractivity contribution is -0.127. The number of fused-ring (bicyclic) bond motifs is 1. The van der Waals surface area contributed by atoms with E-state index in [1.807, 2.05) is 55.5 Å². The Morgan fingerprint density at radius 2 is 1.96 bits per heavy atom. The Morgan fingerprint density at radius 1 is 1.21 bits per heavy atom. The molecule has 24 heavy (non-hydrogen) atoms. The van der Waals surface area contributed by atoms with Gasteiger partial charge in [-0.2, -0.15) is 0 Å². The van der Waals surface area contributed by atoms with E-state index in [0.717, 1.165) is 22.4 Å². The van der Waals surface area contributed by atoms with Crippen molar-refractivity contribution in [2.45, 2.75) is 26.4 Å². The number of aryl methyl sites for hydroxylation is 1. The topological polar surface area (TPSA) is 67.0 Å². The summed E-state index contributed by atoms with van der Waals surface area (Å²) >= 11 is 0. The van der Waals surface area contributed by atoms with Crippen molar-refractivity contribution < 1.29 is 9.53 Å². The van der Waals surface area contributed by atoms with Crippen molar-refractivity contribution in [1.82, 2.24) is 15.3 Å². The van der Waals surface area contributed by atoms with Crippen LogP contribution in [-0.2, 0) is 11.2 Å². The third-order valence-electron chi connectivity index (χ3n) is 3.80. The number of nitrogens with zero attached hydrogens (tertiary/aromatic N) is 1. The molecule has 0 radical (unpaired) electrons. The minimum absolute atomic E-state index is 0.133. The fourth-order valence-electron chi connectivity index (χ4n) is 2.45. The average molecular weight is 323 g/mol. The Morgan fingerprint density at radius 3 is 2.71 bits per heavy atom. The summed E-state index contributed by atoms with van der Waals surface area (Å²) in [6, 6.07) is 15.5. The molecule has 0 saturated heterocycles. The summed E-state index contributed by atoms with van der Waals surface area (Å²) in [5, 5.41) is 2.88. The third-order valence-corrected chi connectivity index (χ3v) is 3.80. The molecular formula is C19H21N3O2. The highest BCUT2D eigenvalue weighted by Gasteiger charge is 2.14. The zero-order chi connectivity index (χ0) is 16.9. The summed E-state index contributed by atoms with van der Waals surface area (Å²) in [5.74, 6) is 1.43. The van der Waals surface area contributed by atoms with Crippen molar-refractivity contribution >= 4 is 16.9 Å². The van der Waals surface area contributed by atoms with Gasteiger partial charge in [0.1, 0.15) is 11.6 Å². The van der Waals surface area contributed by atoms with E-state index >= 15 is 0 Å². The Kier molecular flexibility index (Phi) is 4.79. The van der Waals surface area contributed by atoms with E-state index in [-0.39, 0.29) is 5.91 Å². The lowest BCUT2D eigenvalue weighted by Gasteiger charge is -2.14. The molecule has 3 aromatic rings. The van der Waals surface area contributed by atoms with E-state index in [9.17, 15) is 4.79 Å². The molecule has 1 heterocycles. The first-order chi connectivity index (χ1) is 11.6. The second kappa shape index (κ2) is 7.17. The molecule has 0 fully saturated rings. The van der Waals surface area contributed by atoms with Gasteiger partial charge in [0, 0.05) is 13.0 Å². The van der Waals surface area contributed by atoms with Crippen LogP contribution in [0.4, 0.5) is 0 Å². The van der Waals surface area contributed by atoms with E-state index in [4.69, 9.17) is 4.74 Å². The molecule has 5 nitrogen and oxygen atoms in total. The van der Waals surface area contributed by atoms with Crippen LogP contribution in [0.25, 0.3) is 11.0 Å². The van der Waals surface area contributed by atoms with E-state index in [0.29, 0.717) is 18.7 Å². The number of imidazole rings is 1. The van der Waals surface area contributed by atoms with Crippen LogP contribution in [0.1, 0.15) is 18.3 Å². The second-order valence-electron chi connectivity index (χ2n) is 5.81. The minimum atomic E-state index is -0.539. The lowest BCUT2D eigenvalue weighted by atomic mass is 10.2. The number of hydrogen-bond donors (Lipinski definition) is 2. The highest BCUT2D eigenvalue weighted by atomic mass is 16.5. The molecule has 5 heteroatoms.